The molecule has 1 atom stereocenters. The summed E-state index contributed by atoms with van der Waals surface area (Å²) in [6, 6.07) is 3.23. The first-order valence-electron chi connectivity index (χ1n) is 6.90. The van der Waals surface area contributed by atoms with Gasteiger partial charge in [0.05, 0.1) is 6.04 Å². The molecule has 0 radical (unpaired) electrons. The van der Waals surface area contributed by atoms with Crippen LogP contribution < -0.4 is 5.56 Å². The van der Waals surface area contributed by atoms with Crippen molar-refractivity contribution >= 4 is 5.91 Å². The van der Waals surface area contributed by atoms with Crippen molar-refractivity contribution in [1.29, 1.82) is 0 Å². The lowest BCUT2D eigenvalue weighted by molar-refractivity contribution is -0.135. The lowest BCUT2D eigenvalue weighted by Gasteiger charge is -2.33. The second kappa shape index (κ2) is 5.16. The SMILES string of the molecule is Cc1ccn(CC(=O)N2CCn3cnnc3C2C)c(=O)c1. The number of aryl methyl sites for hydroxylation is 1. The first kappa shape index (κ1) is 13.5. The van der Waals surface area contributed by atoms with Gasteiger partial charge in [-0.25, -0.2) is 0 Å². The Bertz CT molecular complexity index is 733. The monoisotopic (exact) mass is 287 g/mol. The predicted molar refractivity (Wildman–Crippen MR) is 75.6 cm³/mol. The molecule has 0 saturated carbocycles. The number of carbonyl (C=O) groups is 1. The Labute approximate surface area is 121 Å². The average molecular weight is 287 g/mol. The molecule has 2 aromatic rings. The van der Waals surface area contributed by atoms with Crippen molar-refractivity contribution in [2.75, 3.05) is 6.54 Å². The molecule has 1 amide bonds. The predicted octanol–water partition coefficient (Wildman–Crippen LogP) is 0.352. The maximum atomic E-state index is 12.5. The molecule has 1 aliphatic rings. The van der Waals surface area contributed by atoms with Crippen LogP contribution in [-0.2, 0) is 17.9 Å². The zero-order chi connectivity index (χ0) is 15.0. The Balaban J connectivity index is 1.79. The summed E-state index contributed by atoms with van der Waals surface area (Å²) in [4.78, 5) is 26.1. The van der Waals surface area contributed by atoms with Crippen LogP contribution in [0.25, 0.3) is 0 Å². The Morgan fingerprint density at radius 3 is 3.00 bits per heavy atom. The minimum atomic E-state index is -0.156. The van der Waals surface area contributed by atoms with Crippen molar-refractivity contribution < 1.29 is 4.79 Å². The van der Waals surface area contributed by atoms with Gasteiger partial charge in [-0.15, -0.1) is 10.2 Å². The lowest BCUT2D eigenvalue weighted by Crippen LogP contribution is -2.43. The largest absolute Gasteiger partial charge is 0.329 e. The van der Waals surface area contributed by atoms with Crippen molar-refractivity contribution in [2.45, 2.75) is 33.0 Å². The number of aromatic nitrogens is 4. The van der Waals surface area contributed by atoms with Gasteiger partial charge in [-0.1, -0.05) is 0 Å². The van der Waals surface area contributed by atoms with Crippen LogP contribution in [0.2, 0.25) is 0 Å². The molecule has 0 saturated heterocycles. The van der Waals surface area contributed by atoms with Crippen LogP contribution in [-0.4, -0.2) is 36.7 Å². The highest BCUT2D eigenvalue weighted by Gasteiger charge is 2.29. The molecule has 0 spiro atoms. The Morgan fingerprint density at radius 2 is 2.24 bits per heavy atom. The molecule has 1 aliphatic heterocycles. The third kappa shape index (κ3) is 2.46. The summed E-state index contributed by atoms with van der Waals surface area (Å²) in [5.41, 5.74) is 0.735. The van der Waals surface area contributed by atoms with Crippen molar-refractivity contribution in [2.24, 2.45) is 0 Å². The third-order valence-electron chi connectivity index (χ3n) is 3.85. The zero-order valence-electron chi connectivity index (χ0n) is 12.1. The van der Waals surface area contributed by atoms with E-state index in [0.29, 0.717) is 13.1 Å². The normalized spacial score (nSPS) is 17.6. The first-order valence-corrected chi connectivity index (χ1v) is 6.90. The fourth-order valence-corrected chi connectivity index (χ4v) is 2.62. The standard InChI is InChI=1S/C14H17N5O2/c1-10-3-4-17(12(20)7-10)8-13(21)19-6-5-18-9-15-16-14(18)11(19)2/h3-4,7,9,11H,5-6,8H2,1-2H3. The highest BCUT2D eigenvalue weighted by molar-refractivity contribution is 5.76. The molecule has 3 rings (SSSR count). The van der Waals surface area contributed by atoms with Gasteiger partial charge in [0.2, 0.25) is 5.91 Å². The minimum Gasteiger partial charge on any atom is -0.329 e. The molecular weight excluding hydrogens is 270 g/mol. The number of rotatable bonds is 2. The van der Waals surface area contributed by atoms with E-state index in [1.165, 1.54) is 10.6 Å². The highest BCUT2D eigenvalue weighted by Crippen LogP contribution is 2.22. The zero-order valence-corrected chi connectivity index (χ0v) is 12.1. The smallest absolute Gasteiger partial charge is 0.251 e. The Hall–Kier alpha value is -2.44. The summed E-state index contributed by atoms with van der Waals surface area (Å²) in [7, 11) is 0. The molecule has 7 heteroatoms. The van der Waals surface area contributed by atoms with Crippen LogP contribution >= 0.6 is 0 Å². The van der Waals surface area contributed by atoms with E-state index in [-0.39, 0.29) is 24.1 Å². The molecule has 1 unspecified atom stereocenters. The molecule has 7 nitrogen and oxygen atoms in total. The second-order valence-corrected chi connectivity index (χ2v) is 5.32. The molecular formula is C14H17N5O2. The van der Waals surface area contributed by atoms with E-state index >= 15 is 0 Å². The number of hydrogen-bond acceptors (Lipinski definition) is 4. The summed E-state index contributed by atoms with van der Waals surface area (Å²) in [5.74, 6) is 0.702. The van der Waals surface area contributed by atoms with Crippen LogP contribution in [0.3, 0.4) is 0 Å². The van der Waals surface area contributed by atoms with Gasteiger partial charge in [0.25, 0.3) is 5.56 Å². The number of amides is 1. The van der Waals surface area contributed by atoms with E-state index in [1.807, 2.05) is 24.5 Å². The second-order valence-electron chi connectivity index (χ2n) is 5.32. The maximum Gasteiger partial charge on any atom is 0.251 e. The van der Waals surface area contributed by atoms with Gasteiger partial charge in [0.15, 0.2) is 5.82 Å². The lowest BCUT2D eigenvalue weighted by atomic mass is 10.2. The quantitative estimate of drug-likeness (QED) is 0.799. The van der Waals surface area contributed by atoms with Gasteiger partial charge >= 0.3 is 0 Å². The van der Waals surface area contributed by atoms with E-state index in [0.717, 1.165) is 11.4 Å². The Morgan fingerprint density at radius 1 is 1.43 bits per heavy atom. The summed E-state index contributed by atoms with van der Waals surface area (Å²) >= 11 is 0. The van der Waals surface area contributed by atoms with Crippen molar-refractivity contribution in [3.63, 3.8) is 0 Å². The summed E-state index contributed by atoms with van der Waals surface area (Å²) < 4.78 is 3.38. The molecule has 110 valence electrons. The van der Waals surface area contributed by atoms with Gasteiger partial charge in [-0.2, -0.15) is 0 Å². The highest BCUT2D eigenvalue weighted by atomic mass is 16.2. The third-order valence-corrected chi connectivity index (χ3v) is 3.85. The number of carbonyl (C=O) groups excluding carboxylic acids is 1. The molecule has 0 N–H and O–H groups in total. The van der Waals surface area contributed by atoms with E-state index in [1.54, 1.807) is 17.4 Å². The van der Waals surface area contributed by atoms with E-state index in [2.05, 4.69) is 10.2 Å². The van der Waals surface area contributed by atoms with Gasteiger partial charge < -0.3 is 14.0 Å². The van der Waals surface area contributed by atoms with Crippen LogP contribution in [0.4, 0.5) is 0 Å². The number of hydrogen-bond donors (Lipinski definition) is 0. The first-order chi connectivity index (χ1) is 10.1. The summed E-state index contributed by atoms with van der Waals surface area (Å²) in [5, 5.41) is 7.93. The Kier molecular flexibility index (Phi) is 3.32. The van der Waals surface area contributed by atoms with E-state index < -0.39 is 0 Å². The van der Waals surface area contributed by atoms with Gasteiger partial charge in [0.1, 0.15) is 12.9 Å². The maximum absolute atomic E-state index is 12.5. The summed E-state index contributed by atoms with van der Waals surface area (Å²) in [6.45, 7) is 5.12. The minimum absolute atomic E-state index is 0.0532. The van der Waals surface area contributed by atoms with E-state index in [4.69, 9.17) is 0 Å². The molecule has 0 bridgehead atoms. The number of fused-ring (bicyclic) bond motifs is 1. The fourth-order valence-electron chi connectivity index (χ4n) is 2.62. The topological polar surface area (TPSA) is 73.0 Å². The van der Waals surface area contributed by atoms with Crippen molar-refractivity contribution in [3.8, 4) is 0 Å². The van der Waals surface area contributed by atoms with Gasteiger partial charge in [0, 0.05) is 25.4 Å². The van der Waals surface area contributed by atoms with Crippen molar-refractivity contribution in [1.82, 2.24) is 24.2 Å². The van der Waals surface area contributed by atoms with Crippen LogP contribution in [0.15, 0.2) is 29.5 Å². The molecule has 21 heavy (non-hydrogen) atoms. The van der Waals surface area contributed by atoms with Crippen molar-refractivity contribution in [3.05, 3.63) is 46.4 Å². The van der Waals surface area contributed by atoms with Crippen LogP contribution in [0.5, 0.6) is 0 Å². The van der Waals surface area contributed by atoms with Gasteiger partial charge in [-0.05, 0) is 25.5 Å². The molecule has 3 heterocycles. The van der Waals surface area contributed by atoms with Crippen LogP contribution in [0.1, 0.15) is 24.4 Å². The molecule has 2 aromatic heterocycles. The number of pyridine rings is 1. The fraction of sp³-hybridized carbons (Fsp3) is 0.429. The number of nitrogens with zero attached hydrogens (tertiary/aromatic N) is 5. The molecule has 0 fully saturated rings. The van der Waals surface area contributed by atoms with Gasteiger partial charge in [-0.3, -0.25) is 9.59 Å². The molecule has 0 aromatic carbocycles. The van der Waals surface area contributed by atoms with E-state index in [9.17, 15) is 9.59 Å². The van der Waals surface area contributed by atoms with Crippen LogP contribution in [0, 0.1) is 6.92 Å². The molecule has 0 aliphatic carbocycles. The average Bonchev–Trinajstić information content (AvgIpc) is 2.91. The summed E-state index contributed by atoms with van der Waals surface area (Å²) in [6.07, 6.45) is 3.34.